The Morgan fingerprint density at radius 1 is 1.75 bits per heavy atom. The zero-order valence-corrected chi connectivity index (χ0v) is 7.19. The molecular formula is C8H10LiNO2. The minimum atomic E-state index is -0.821. The number of hydrogen-bond acceptors (Lipinski definition) is 2. The van der Waals surface area contributed by atoms with Crippen LogP contribution in [0, 0.1) is 0 Å². The Morgan fingerprint density at radius 2 is 2.42 bits per heavy atom. The van der Waals surface area contributed by atoms with Gasteiger partial charge in [-0.25, -0.2) is 0 Å². The van der Waals surface area contributed by atoms with Crippen LogP contribution in [-0.4, -0.2) is 16.1 Å². The van der Waals surface area contributed by atoms with Gasteiger partial charge in [-0.15, -0.1) is 0 Å². The van der Waals surface area contributed by atoms with Gasteiger partial charge in [-0.05, 0) is 18.6 Å². The van der Waals surface area contributed by atoms with Crippen LogP contribution in [-0.2, 0) is 4.79 Å². The smallest absolute Gasteiger partial charge is 1.00 e. The van der Waals surface area contributed by atoms with Crippen molar-refractivity contribution in [2.45, 2.75) is 12.8 Å². The van der Waals surface area contributed by atoms with Crippen LogP contribution in [0.5, 0.6) is 0 Å². The normalized spacial score (nSPS) is 11.4. The van der Waals surface area contributed by atoms with Gasteiger partial charge in [0.15, 0.2) is 0 Å². The van der Waals surface area contributed by atoms with Crippen molar-refractivity contribution < 1.29 is 30.2 Å². The summed E-state index contributed by atoms with van der Waals surface area (Å²) in [6.07, 6.45) is 3.19. The van der Waals surface area contributed by atoms with E-state index >= 15 is 0 Å². The largest absolute Gasteiger partial charge is 1.00 e. The van der Waals surface area contributed by atoms with E-state index in [1.807, 2.05) is 0 Å². The number of aromatic nitrogens is 1. The molecule has 0 bridgehead atoms. The van der Waals surface area contributed by atoms with Gasteiger partial charge in [0.25, 0.3) is 0 Å². The SMILES string of the molecule is CC(C(=O)O)c1cccnc1.[H-].[Li+]. The molecule has 1 atom stereocenters. The second-order valence-corrected chi connectivity index (χ2v) is 2.35. The topological polar surface area (TPSA) is 50.2 Å². The molecule has 12 heavy (non-hydrogen) atoms. The number of carboxylic acid groups (broad SMARTS) is 1. The molecule has 1 heterocycles. The molecule has 0 saturated carbocycles. The van der Waals surface area contributed by atoms with Crippen LogP contribution in [0.1, 0.15) is 19.8 Å². The van der Waals surface area contributed by atoms with Crippen LogP contribution in [0.25, 0.3) is 0 Å². The molecule has 1 aromatic heterocycles. The quantitative estimate of drug-likeness (QED) is 0.528. The van der Waals surface area contributed by atoms with E-state index in [1.54, 1.807) is 31.5 Å². The summed E-state index contributed by atoms with van der Waals surface area (Å²) in [6.45, 7) is 1.64. The van der Waals surface area contributed by atoms with Crippen LogP contribution in [0.3, 0.4) is 0 Å². The van der Waals surface area contributed by atoms with E-state index in [2.05, 4.69) is 4.98 Å². The Hall–Kier alpha value is -0.783. The van der Waals surface area contributed by atoms with E-state index in [1.165, 1.54) is 0 Å². The van der Waals surface area contributed by atoms with Crippen molar-refractivity contribution in [1.29, 1.82) is 0 Å². The monoisotopic (exact) mass is 159 g/mol. The number of nitrogens with zero attached hydrogens (tertiary/aromatic N) is 1. The molecule has 0 aliphatic heterocycles. The summed E-state index contributed by atoms with van der Waals surface area (Å²) in [5.41, 5.74) is 0.736. The first-order valence-electron chi connectivity index (χ1n) is 3.34. The van der Waals surface area contributed by atoms with Crippen LogP contribution in [0.15, 0.2) is 24.5 Å². The Morgan fingerprint density at radius 3 is 2.83 bits per heavy atom. The van der Waals surface area contributed by atoms with Crippen molar-refractivity contribution >= 4 is 5.97 Å². The predicted molar refractivity (Wildman–Crippen MR) is 41.4 cm³/mol. The molecule has 0 aromatic carbocycles. The molecule has 0 aliphatic rings. The molecule has 0 amide bonds. The summed E-state index contributed by atoms with van der Waals surface area (Å²) in [6, 6.07) is 3.49. The van der Waals surface area contributed by atoms with Crippen LogP contribution < -0.4 is 18.9 Å². The van der Waals surface area contributed by atoms with Crippen molar-refractivity contribution in [2.75, 3.05) is 0 Å². The number of carboxylic acids is 1. The molecular weight excluding hydrogens is 149 g/mol. The van der Waals surface area contributed by atoms with Crippen molar-refractivity contribution in [1.82, 2.24) is 4.98 Å². The molecule has 0 radical (unpaired) electrons. The van der Waals surface area contributed by atoms with Gasteiger partial charge in [-0.2, -0.15) is 0 Å². The van der Waals surface area contributed by atoms with Gasteiger partial charge in [-0.3, -0.25) is 9.78 Å². The van der Waals surface area contributed by atoms with Gasteiger partial charge in [0.05, 0.1) is 5.92 Å². The fourth-order valence-corrected chi connectivity index (χ4v) is 0.775. The molecule has 0 fully saturated rings. The molecule has 60 valence electrons. The molecule has 1 aromatic rings. The zero-order valence-electron chi connectivity index (χ0n) is 8.19. The molecule has 3 nitrogen and oxygen atoms in total. The van der Waals surface area contributed by atoms with Gasteiger partial charge in [0.2, 0.25) is 0 Å². The maximum Gasteiger partial charge on any atom is 1.00 e. The first kappa shape index (κ1) is 11.2. The number of hydrogen-bond donors (Lipinski definition) is 1. The maximum atomic E-state index is 10.5. The van der Waals surface area contributed by atoms with Gasteiger partial charge >= 0.3 is 24.8 Å². The van der Waals surface area contributed by atoms with E-state index in [9.17, 15) is 4.79 Å². The standard InChI is InChI=1S/C8H9NO2.Li.H/c1-6(8(10)11)7-3-2-4-9-5-7;;/h2-6H,1H3,(H,10,11);;/q;+1;-1. The van der Waals surface area contributed by atoms with Crippen molar-refractivity contribution in [2.24, 2.45) is 0 Å². The number of aliphatic carboxylic acids is 1. The van der Waals surface area contributed by atoms with Gasteiger partial charge < -0.3 is 6.53 Å². The van der Waals surface area contributed by atoms with Gasteiger partial charge in [0.1, 0.15) is 0 Å². The van der Waals surface area contributed by atoms with E-state index in [4.69, 9.17) is 5.11 Å². The average molecular weight is 159 g/mol. The van der Waals surface area contributed by atoms with Crippen LogP contribution in [0.4, 0.5) is 0 Å². The summed E-state index contributed by atoms with van der Waals surface area (Å²) in [5, 5.41) is 8.61. The summed E-state index contributed by atoms with van der Waals surface area (Å²) in [5.74, 6) is -1.29. The summed E-state index contributed by atoms with van der Waals surface area (Å²) in [4.78, 5) is 14.3. The van der Waals surface area contributed by atoms with Crippen molar-refractivity contribution in [3.63, 3.8) is 0 Å². The minimum absolute atomic E-state index is 0. The second-order valence-electron chi connectivity index (χ2n) is 2.35. The van der Waals surface area contributed by atoms with Crippen molar-refractivity contribution in [3.05, 3.63) is 30.1 Å². The van der Waals surface area contributed by atoms with E-state index in [0.29, 0.717) is 0 Å². The average Bonchev–Trinajstić information content (AvgIpc) is 2.05. The minimum Gasteiger partial charge on any atom is -1.00 e. The third-order valence-corrected chi connectivity index (χ3v) is 1.55. The molecule has 0 spiro atoms. The first-order valence-corrected chi connectivity index (χ1v) is 3.34. The predicted octanol–water partition coefficient (Wildman–Crippen LogP) is -1.61. The first-order chi connectivity index (χ1) is 5.22. The number of carbonyl (C=O) groups is 1. The van der Waals surface area contributed by atoms with E-state index in [0.717, 1.165) is 5.56 Å². The Balaban J connectivity index is 0. The Bertz CT molecular complexity index is 256. The van der Waals surface area contributed by atoms with Crippen molar-refractivity contribution in [3.8, 4) is 0 Å². The number of pyridine rings is 1. The second kappa shape index (κ2) is 4.97. The Labute approximate surface area is 84.5 Å². The Kier molecular flexibility index (Phi) is 4.64. The molecule has 1 N–H and O–H groups in total. The number of rotatable bonds is 2. The van der Waals surface area contributed by atoms with Crippen LogP contribution in [0.2, 0.25) is 0 Å². The molecule has 1 rings (SSSR count). The fraction of sp³-hybridized carbons (Fsp3) is 0.250. The third-order valence-electron chi connectivity index (χ3n) is 1.55. The molecule has 0 saturated heterocycles. The maximum absolute atomic E-state index is 10.5. The fourth-order valence-electron chi connectivity index (χ4n) is 0.775. The zero-order chi connectivity index (χ0) is 8.27. The summed E-state index contributed by atoms with van der Waals surface area (Å²) < 4.78 is 0. The summed E-state index contributed by atoms with van der Waals surface area (Å²) >= 11 is 0. The molecule has 1 unspecified atom stereocenters. The molecule has 0 aliphatic carbocycles. The molecule has 4 heteroatoms. The summed E-state index contributed by atoms with van der Waals surface area (Å²) in [7, 11) is 0. The van der Waals surface area contributed by atoms with Gasteiger partial charge in [-0.1, -0.05) is 6.07 Å². The van der Waals surface area contributed by atoms with Crippen LogP contribution >= 0.6 is 0 Å². The van der Waals surface area contributed by atoms with E-state index in [-0.39, 0.29) is 20.3 Å². The third kappa shape index (κ3) is 2.69. The van der Waals surface area contributed by atoms with Gasteiger partial charge in [0, 0.05) is 12.4 Å². The van der Waals surface area contributed by atoms with E-state index < -0.39 is 11.9 Å².